The van der Waals surface area contributed by atoms with Crippen molar-refractivity contribution >= 4 is 28.3 Å². The summed E-state index contributed by atoms with van der Waals surface area (Å²) in [5.41, 5.74) is 1.64. The number of aromatic amines is 1. The van der Waals surface area contributed by atoms with Gasteiger partial charge < -0.3 is 9.72 Å². The van der Waals surface area contributed by atoms with Gasteiger partial charge in [-0.3, -0.25) is 4.79 Å². The number of nitrogens with one attached hydrogen (secondary N) is 1. The normalized spacial score (nSPS) is 23.7. The first-order chi connectivity index (χ1) is 8.65. The molecule has 1 aliphatic rings. The summed E-state index contributed by atoms with van der Waals surface area (Å²) in [6, 6.07) is 5.53. The minimum Gasteiger partial charge on any atom is -0.378 e. The Kier molecular flexibility index (Phi) is 2.88. The zero-order valence-electron chi connectivity index (χ0n) is 10.1. The minimum absolute atomic E-state index is 0.0188. The van der Waals surface area contributed by atoms with E-state index in [1.165, 1.54) is 0 Å². The number of carbonyl (C=O) groups is 1. The molecule has 0 spiro atoms. The fourth-order valence-corrected chi connectivity index (χ4v) is 2.69. The summed E-state index contributed by atoms with van der Waals surface area (Å²) in [6.07, 6.45) is 2.75. The molecular weight excluding hydrogens is 250 g/mol. The van der Waals surface area contributed by atoms with E-state index in [1.807, 2.05) is 25.1 Å². The van der Waals surface area contributed by atoms with Crippen LogP contribution in [0.4, 0.5) is 0 Å². The van der Waals surface area contributed by atoms with Crippen LogP contribution in [0.1, 0.15) is 23.7 Å². The Morgan fingerprint density at radius 3 is 3.06 bits per heavy atom. The number of halogens is 1. The highest BCUT2D eigenvalue weighted by molar-refractivity contribution is 6.31. The van der Waals surface area contributed by atoms with Crippen LogP contribution in [0.3, 0.4) is 0 Å². The van der Waals surface area contributed by atoms with Gasteiger partial charge in [0.15, 0.2) is 5.78 Å². The molecular formula is C14H14ClNO2. The number of H-pyrrole nitrogens is 1. The van der Waals surface area contributed by atoms with E-state index in [2.05, 4.69) is 4.98 Å². The summed E-state index contributed by atoms with van der Waals surface area (Å²) in [6.45, 7) is 2.53. The standard InChI is InChI=1S/C14H14ClNO2/c1-8-4-9(7-18-8)14(17)12-6-16-13-5-10(15)2-3-11(12)13/h2-3,5-6,8-9,16H,4,7H2,1H3. The summed E-state index contributed by atoms with van der Waals surface area (Å²) in [7, 11) is 0. The van der Waals surface area contributed by atoms with Crippen molar-refractivity contribution in [1.82, 2.24) is 4.98 Å². The summed E-state index contributed by atoms with van der Waals surface area (Å²) < 4.78 is 5.46. The molecule has 1 N–H and O–H groups in total. The zero-order chi connectivity index (χ0) is 12.7. The van der Waals surface area contributed by atoms with Crippen LogP contribution in [0.15, 0.2) is 24.4 Å². The first kappa shape index (κ1) is 11.8. The van der Waals surface area contributed by atoms with Gasteiger partial charge in [-0.2, -0.15) is 0 Å². The van der Waals surface area contributed by atoms with Crippen molar-refractivity contribution in [3.8, 4) is 0 Å². The third kappa shape index (κ3) is 1.93. The average molecular weight is 264 g/mol. The van der Waals surface area contributed by atoms with Gasteiger partial charge in [-0.05, 0) is 25.5 Å². The SMILES string of the molecule is CC1CC(C(=O)c2c[nH]c3cc(Cl)ccc23)CO1. The second-order valence-corrected chi connectivity index (χ2v) is 5.27. The molecule has 2 aromatic rings. The number of hydrogen-bond donors (Lipinski definition) is 1. The molecule has 0 bridgehead atoms. The summed E-state index contributed by atoms with van der Waals surface area (Å²) in [5, 5.41) is 1.60. The van der Waals surface area contributed by atoms with Gasteiger partial charge in [0.2, 0.25) is 0 Å². The summed E-state index contributed by atoms with van der Waals surface area (Å²) in [5.74, 6) is 0.141. The summed E-state index contributed by atoms with van der Waals surface area (Å²) >= 11 is 5.93. The number of benzene rings is 1. The number of ether oxygens (including phenoxy) is 1. The number of ketones is 1. The second-order valence-electron chi connectivity index (χ2n) is 4.83. The van der Waals surface area contributed by atoms with Gasteiger partial charge in [0.05, 0.1) is 12.7 Å². The summed E-state index contributed by atoms with van der Waals surface area (Å²) in [4.78, 5) is 15.5. The van der Waals surface area contributed by atoms with Crippen molar-refractivity contribution in [3.05, 3.63) is 35.0 Å². The molecule has 1 aromatic heterocycles. The first-order valence-electron chi connectivity index (χ1n) is 6.07. The van der Waals surface area contributed by atoms with Crippen LogP contribution in [0.25, 0.3) is 10.9 Å². The van der Waals surface area contributed by atoms with Gasteiger partial charge in [-0.25, -0.2) is 0 Å². The molecule has 3 rings (SSSR count). The van der Waals surface area contributed by atoms with Crippen LogP contribution in [-0.4, -0.2) is 23.5 Å². The largest absolute Gasteiger partial charge is 0.378 e. The van der Waals surface area contributed by atoms with Crippen LogP contribution in [0.5, 0.6) is 0 Å². The van der Waals surface area contributed by atoms with Crippen molar-refractivity contribution in [3.63, 3.8) is 0 Å². The Balaban J connectivity index is 1.97. The minimum atomic E-state index is -0.0188. The molecule has 3 nitrogen and oxygen atoms in total. The van der Waals surface area contributed by atoms with Gasteiger partial charge in [0.25, 0.3) is 0 Å². The van der Waals surface area contributed by atoms with Gasteiger partial charge in [-0.15, -0.1) is 0 Å². The molecule has 2 heterocycles. The number of carbonyl (C=O) groups excluding carboxylic acids is 1. The fraction of sp³-hybridized carbons (Fsp3) is 0.357. The van der Waals surface area contributed by atoms with Crippen molar-refractivity contribution in [1.29, 1.82) is 0 Å². The van der Waals surface area contributed by atoms with E-state index in [9.17, 15) is 4.79 Å². The average Bonchev–Trinajstić information content (AvgIpc) is 2.94. The Labute approximate surface area is 110 Å². The molecule has 0 saturated carbocycles. The lowest BCUT2D eigenvalue weighted by atomic mass is 9.95. The Hall–Kier alpha value is -1.32. The van der Waals surface area contributed by atoms with E-state index >= 15 is 0 Å². The molecule has 1 saturated heterocycles. The van der Waals surface area contributed by atoms with Crippen molar-refractivity contribution < 1.29 is 9.53 Å². The highest BCUT2D eigenvalue weighted by atomic mass is 35.5. The van der Waals surface area contributed by atoms with Gasteiger partial charge in [-0.1, -0.05) is 17.7 Å². The Bertz CT molecular complexity index is 605. The molecule has 94 valence electrons. The van der Waals surface area contributed by atoms with E-state index in [0.29, 0.717) is 11.6 Å². The van der Waals surface area contributed by atoms with Crippen LogP contribution >= 0.6 is 11.6 Å². The molecule has 0 amide bonds. The molecule has 1 aliphatic heterocycles. The zero-order valence-corrected chi connectivity index (χ0v) is 10.8. The maximum Gasteiger partial charge on any atom is 0.170 e. The number of rotatable bonds is 2. The lowest BCUT2D eigenvalue weighted by molar-refractivity contribution is 0.0879. The predicted octanol–water partition coefficient (Wildman–Crippen LogP) is 3.43. The highest BCUT2D eigenvalue weighted by Crippen LogP contribution is 2.28. The van der Waals surface area contributed by atoms with Crippen LogP contribution in [0.2, 0.25) is 5.02 Å². The molecule has 0 aliphatic carbocycles. The topological polar surface area (TPSA) is 42.1 Å². The molecule has 18 heavy (non-hydrogen) atoms. The van der Waals surface area contributed by atoms with E-state index in [4.69, 9.17) is 16.3 Å². The van der Waals surface area contributed by atoms with E-state index in [0.717, 1.165) is 22.9 Å². The maximum atomic E-state index is 12.4. The monoisotopic (exact) mass is 263 g/mol. The Morgan fingerprint density at radius 2 is 2.33 bits per heavy atom. The quantitative estimate of drug-likeness (QED) is 0.844. The van der Waals surface area contributed by atoms with Crippen molar-refractivity contribution in [2.45, 2.75) is 19.4 Å². The third-order valence-electron chi connectivity index (χ3n) is 3.48. The van der Waals surface area contributed by atoms with E-state index < -0.39 is 0 Å². The maximum absolute atomic E-state index is 12.4. The number of hydrogen-bond acceptors (Lipinski definition) is 2. The van der Waals surface area contributed by atoms with Gasteiger partial charge >= 0.3 is 0 Å². The lowest BCUT2D eigenvalue weighted by Crippen LogP contribution is -2.14. The van der Waals surface area contributed by atoms with Gasteiger partial charge in [0.1, 0.15) is 0 Å². The molecule has 0 radical (unpaired) electrons. The molecule has 2 unspecified atom stereocenters. The van der Waals surface area contributed by atoms with Crippen molar-refractivity contribution in [2.24, 2.45) is 5.92 Å². The molecule has 2 atom stereocenters. The smallest absolute Gasteiger partial charge is 0.170 e. The number of fused-ring (bicyclic) bond motifs is 1. The van der Waals surface area contributed by atoms with Crippen LogP contribution in [0, 0.1) is 5.92 Å². The highest BCUT2D eigenvalue weighted by Gasteiger charge is 2.30. The van der Waals surface area contributed by atoms with E-state index in [1.54, 1.807) is 6.20 Å². The third-order valence-corrected chi connectivity index (χ3v) is 3.71. The number of aromatic nitrogens is 1. The Morgan fingerprint density at radius 1 is 1.50 bits per heavy atom. The predicted molar refractivity (Wildman–Crippen MR) is 71.2 cm³/mol. The molecule has 1 aromatic carbocycles. The van der Waals surface area contributed by atoms with Gasteiger partial charge in [0, 0.05) is 33.6 Å². The fourth-order valence-electron chi connectivity index (χ4n) is 2.52. The van der Waals surface area contributed by atoms with E-state index in [-0.39, 0.29) is 17.8 Å². The first-order valence-corrected chi connectivity index (χ1v) is 6.45. The molecule has 4 heteroatoms. The van der Waals surface area contributed by atoms with Crippen LogP contribution in [-0.2, 0) is 4.74 Å². The number of Topliss-reactive ketones (excluding diaryl/α,β-unsaturated/α-hetero) is 1. The molecule has 1 fully saturated rings. The van der Waals surface area contributed by atoms with Crippen LogP contribution < -0.4 is 0 Å². The lowest BCUT2D eigenvalue weighted by Gasteiger charge is -2.05. The van der Waals surface area contributed by atoms with Crippen molar-refractivity contribution in [2.75, 3.05) is 6.61 Å². The second kappa shape index (κ2) is 4.41.